The average molecular weight is 352 g/mol. The molecule has 104 valence electrons. The second kappa shape index (κ2) is 6.29. The van der Waals surface area contributed by atoms with Crippen LogP contribution in [0, 0.1) is 5.82 Å². The van der Waals surface area contributed by atoms with Crippen molar-refractivity contribution in [3.05, 3.63) is 58.3 Å². The molecule has 3 rings (SSSR count). The van der Waals surface area contributed by atoms with Crippen LogP contribution in [0.1, 0.15) is 18.4 Å². The van der Waals surface area contributed by atoms with Crippen LogP contribution in [0.3, 0.4) is 0 Å². The third-order valence-corrected chi connectivity index (χ3v) is 4.90. The Morgan fingerprint density at radius 2 is 1.90 bits per heavy atom. The van der Waals surface area contributed by atoms with Crippen LogP contribution in [-0.2, 0) is 6.54 Å². The van der Waals surface area contributed by atoms with Crippen molar-refractivity contribution in [1.29, 1.82) is 0 Å². The highest BCUT2D eigenvalue weighted by atomic mass is 79.9. The Morgan fingerprint density at radius 1 is 1.15 bits per heavy atom. The van der Waals surface area contributed by atoms with E-state index < -0.39 is 0 Å². The van der Waals surface area contributed by atoms with Crippen LogP contribution >= 0.6 is 27.7 Å². The molecule has 4 heteroatoms. The minimum atomic E-state index is -0.125. The van der Waals surface area contributed by atoms with E-state index >= 15 is 0 Å². The lowest BCUT2D eigenvalue weighted by atomic mass is 10.2. The lowest BCUT2D eigenvalue weighted by molar-refractivity contribution is 0.579. The summed E-state index contributed by atoms with van der Waals surface area (Å²) >= 11 is 5.03. The molecule has 2 aromatic rings. The van der Waals surface area contributed by atoms with Gasteiger partial charge in [-0.25, -0.2) is 4.39 Å². The van der Waals surface area contributed by atoms with E-state index in [-0.39, 0.29) is 5.82 Å². The van der Waals surface area contributed by atoms with Crippen molar-refractivity contribution < 1.29 is 4.39 Å². The molecule has 1 saturated carbocycles. The zero-order valence-corrected chi connectivity index (χ0v) is 13.3. The SMILES string of the molecule is Fc1cccc(Sc2ccc(Br)cc2)c1CNC1CC1. The van der Waals surface area contributed by atoms with Crippen LogP contribution in [0.15, 0.2) is 56.7 Å². The van der Waals surface area contributed by atoms with Crippen LogP contribution in [-0.4, -0.2) is 6.04 Å². The van der Waals surface area contributed by atoms with E-state index in [1.54, 1.807) is 17.8 Å². The molecule has 0 spiro atoms. The maximum Gasteiger partial charge on any atom is 0.128 e. The Balaban J connectivity index is 1.80. The van der Waals surface area contributed by atoms with Crippen molar-refractivity contribution in [2.75, 3.05) is 0 Å². The fraction of sp³-hybridized carbons (Fsp3) is 0.250. The predicted molar refractivity (Wildman–Crippen MR) is 84.5 cm³/mol. The lowest BCUT2D eigenvalue weighted by Gasteiger charge is -2.11. The van der Waals surface area contributed by atoms with Gasteiger partial charge in [-0.1, -0.05) is 33.8 Å². The van der Waals surface area contributed by atoms with Gasteiger partial charge >= 0.3 is 0 Å². The Labute approximate surface area is 131 Å². The largest absolute Gasteiger partial charge is 0.310 e. The smallest absolute Gasteiger partial charge is 0.128 e. The van der Waals surface area contributed by atoms with Gasteiger partial charge in [0.1, 0.15) is 5.82 Å². The number of hydrogen-bond donors (Lipinski definition) is 1. The van der Waals surface area contributed by atoms with Crippen molar-refractivity contribution in [2.45, 2.75) is 35.2 Å². The molecule has 0 heterocycles. The van der Waals surface area contributed by atoms with Crippen molar-refractivity contribution in [3.63, 3.8) is 0 Å². The second-order valence-corrected chi connectivity index (χ2v) is 6.96. The fourth-order valence-corrected chi connectivity index (χ4v) is 3.20. The lowest BCUT2D eigenvalue weighted by Crippen LogP contribution is -2.16. The first-order valence-corrected chi connectivity index (χ1v) is 8.27. The summed E-state index contributed by atoms with van der Waals surface area (Å²) in [5.41, 5.74) is 0.771. The van der Waals surface area contributed by atoms with E-state index in [4.69, 9.17) is 0 Å². The highest BCUT2D eigenvalue weighted by Gasteiger charge is 2.21. The molecule has 0 aromatic heterocycles. The van der Waals surface area contributed by atoms with Gasteiger partial charge in [-0.15, -0.1) is 0 Å². The topological polar surface area (TPSA) is 12.0 Å². The maximum atomic E-state index is 14.0. The summed E-state index contributed by atoms with van der Waals surface area (Å²) < 4.78 is 15.1. The Bertz CT molecular complexity index is 596. The fourth-order valence-electron chi connectivity index (χ4n) is 1.97. The zero-order valence-electron chi connectivity index (χ0n) is 10.9. The van der Waals surface area contributed by atoms with E-state index in [0.29, 0.717) is 12.6 Å². The highest BCUT2D eigenvalue weighted by Crippen LogP contribution is 2.33. The number of benzene rings is 2. The van der Waals surface area contributed by atoms with E-state index in [2.05, 4.69) is 21.2 Å². The first-order valence-electron chi connectivity index (χ1n) is 6.66. The van der Waals surface area contributed by atoms with E-state index in [0.717, 1.165) is 19.8 Å². The van der Waals surface area contributed by atoms with Crippen LogP contribution < -0.4 is 5.32 Å². The minimum Gasteiger partial charge on any atom is -0.310 e. The number of halogens is 2. The number of rotatable bonds is 5. The van der Waals surface area contributed by atoms with Gasteiger partial charge in [0.2, 0.25) is 0 Å². The quantitative estimate of drug-likeness (QED) is 0.814. The van der Waals surface area contributed by atoms with Crippen molar-refractivity contribution >= 4 is 27.7 Å². The molecule has 0 aliphatic heterocycles. The predicted octanol–water partition coefficient (Wildman–Crippen LogP) is 4.99. The first-order chi connectivity index (χ1) is 9.72. The van der Waals surface area contributed by atoms with E-state index in [9.17, 15) is 4.39 Å². The van der Waals surface area contributed by atoms with E-state index in [1.807, 2.05) is 30.3 Å². The molecule has 1 aliphatic rings. The molecular weight excluding hydrogens is 337 g/mol. The monoisotopic (exact) mass is 351 g/mol. The molecule has 0 atom stereocenters. The molecule has 2 aromatic carbocycles. The molecule has 1 N–H and O–H groups in total. The van der Waals surface area contributed by atoms with Crippen LogP contribution in [0.25, 0.3) is 0 Å². The first kappa shape index (κ1) is 14.1. The summed E-state index contributed by atoms with van der Waals surface area (Å²) in [6.07, 6.45) is 2.42. The molecule has 0 bridgehead atoms. The minimum absolute atomic E-state index is 0.125. The van der Waals surface area contributed by atoms with Gasteiger partial charge in [0.05, 0.1) is 0 Å². The molecule has 0 radical (unpaired) electrons. The molecular formula is C16H15BrFNS. The van der Waals surface area contributed by atoms with Crippen LogP contribution in [0.5, 0.6) is 0 Å². The normalized spacial score (nSPS) is 14.5. The second-order valence-electron chi connectivity index (χ2n) is 4.93. The molecule has 0 amide bonds. The average Bonchev–Trinajstić information content (AvgIpc) is 3.25. The Kier molecular flexibility index (Phi) is 4.44. The third-order valence-electron chi connectivity index (χ3n) is 3.26. The highest BCUT2D eigenvalue weighted by molar-refractivity contribution is 9.10. The molecule has 1 fully saturated rings. The summed E-state index contributed by atoms with van der Waals surface area (Å²) in [7, 11) is 0. The summed E-state index contributed by atoms with van der Waals surface area (Å²) in [4.78, 5) is 2.10. The Morgan fingerprint density at radius 3 is 2.60 bits per heavy atom. The van der Waals surface area contributed by atoms with Crippen LogP contribution in [0.4, 0.5) is 4.39 Å². The number of hydrogen-bond acceptors (Lipinski definition) is 2. The van der Waals surface area contributed by atoms with Gasteiger partial charge in [-0.05, 0) is 49.2 Å². The molecule has 20 heavy (non-hydrogen) atoms. The molecule has 1 aliphatic carbocycles. The number of nitrogens with one attached hydrogen (secondary N) is 1. The van der Waals surface area contributed by atoms with Crippen molar-refractivity contribution in [2.24, 2.45) is 0 Å². The molecule has 0 unspecified atom stereocenters. The summed E-state index contributed by atoms with van der Waals surface area (Å²) in [5, 5.41) is 3.39. The summed E-state index contributed by atoms with van der Waals surface area (Å²) in [6, 6.07) is 14.0. The van der Waals surface area contributed by atoms with Gasteiger partial charge in [0.15, 0.2) is 0 Å². The molecule has 1 nitrogen and oxygen atoms in total. The summed E-state index contributed by atoms with van der Waals surface area (Å²) in [5.74, 6) is -0.125. The maximum absolute atomic E-state index is 14.0. The van der Waals surface area contributed by atoms with Gasteiger partial charge < -0.3 is 5.32 Å². The van der Waals surface area contributed by atoms with Crippen molar-refractivity contribution in [3.8, 4) is 0 Å². The summed E-state index contributed by atoms with van der Waals surface area (Å²) in [6.45, 7) is 0.607. The van der Waals surface area contributed by atoms with Crippen LogP contribution in [0.2, 0.25) is 0 Å². The molecule has 0 saturated heterocycles. The van der Waals surface area contributed by atoms with Gasteiger partial charge in [-0.2, -0.15) is 0 Å². The van der Waals surface area contributed by atoms with Crippen molar-refractivity contribution in [1.82, 2.24) is 5.32 Å². The standard InChI is InChI=1S/C16H15BrFNS/c17-11-4-8-13(9-5-11)20-16-3-1-2-15(18)14(16)10-19-12-6-7-12/h1-5,8-9,12,19H,6-7,10H2. The third kappa shape index (κ3) is 3.62. The zero-order chi connectivity index (χ0) is 13.9. The van der Waals surface area contributed by atoms with Gasteiger partial charge in [0.25, 0.3) is 0 Å². The van der Waals surface area contributed by atoms with Gasteiger partial charge in [0, 0.05) is 32.4 Å². The Hall–Kier alpha value is -0.840. The van der Waals surface area contributed by atoms with Gasteiger partial charge in [-0.3, -0.25) is 0 Å². The van der Waals surface area contributed by atoms with E-state index in [1.165, 1.54) is 18.9 Å².